The zero-order valence-electron chi connectivity index (χ0n) is 11.9. The van der Waals surface area contributed by atoms with Gasteiger partial charge in [-0.3, -0.25) is 0 Å². The van der Waals surface area contributed by atoms with Crippen LogP contribution in [0.3, 0.4) is 0 Å². The maximum atomic E-state index is 6.05. The number of piperazine rings is 1. The number of nitrogens with zero attached hydrogens (tertiary/aromatic N) is 4. The van der Waals surface area contributed by atoms with Crippen LogP contribution in [0.5, 0.6) is 5.75 Å². The van der Waals surface area contributed by atoms with Crippen molar-refractivity contribution >= 4 is 23.2 Å². The van der Waals surface area contributed by atoms with Crippen molar-refractivity contribution in [3.63, 3.8) is 0 Å². The van der Waals surface area contributed by atoms with Crippen LogP contribution >= 0.6 is 11.6 Å². The Morgan fingerprint density at radius 3 is 2.33 bits per heavy atom. The van der Waals surface area contributed by atoms with Gasteiger partial charge in [-0.15, -0.1) is 0 Å². The molecular formula is C15H17ClN4O. The Balaban J connectivity index is 1.64. The predicted octanol–water partition coefficient (Wildman–Crippen LogP) is 2.47. The summed E-state index contributed by atoms with van der Waals surface area (Å²) in [5.41, 5.74) is 1.16. The van der Waals surface area contributed by atoms with Crippen LogP contribution in [-0.2, 0) is 0 Å². The number of halogens is 1. The molecule has 1 aliphatic heterocycles. The summed E-state index contributed by atoms with van der Waals surface area (Å²) in [5.74, 6) is 1.43. The van der Waals surface area contributed by atoms with Gasteiger partial charge < -0.3 is 14.5 Å². The number of aromatic nitrogens is 2. The van der Waals surface area contributed by atoms with Crippen molar-refractivity contribution in [1.29, 1.82) is 0 Å². The Labute approximate surface area is 129 Å². The van der Waals surface area contributed by atoms with E-state index in [4.69, 9.17) is 16.3 Å². The molecule has 0 spiro atoms. The number of methoxy groups -OCH3 is 1. The third-order valence-electron chi connectivity index (χ3n) is 3.59. The molecule has 0 atom stereocenters. The minimum absolute atomic E-state index is 0.677. The minimum Gasteiger partial charge on any atom is -0.494 e. The van der Waals surface area contributed by atoms with Crippen LogP contribution < -0.4 is 14.5 Å². The second-order valence-corrected chi connectivity index (χ2v) is 5.31. The van der Waals surface area contributed by atoms with Crippen LogP contribution in [0.15, 0.2) is 36.7 Å². The summed E-state index contributed by atoms with van der Waals surface area (Å²) >= 11 is 6.05. The van der Waals surface area contributed by atoms with Crippen molar-refractivity contribution in [2.45, 2.75) is 0 Å². The van der Waals surface area contributed by atoms with E-state index in [1.807, 2.05) is 18.2 Å². The highest BCUT2D eigenvalue weighted by Gasteiger charge is 2.19. The van der Waals surface area contributed by atoms with Crippen LogP contribution in [0.4, 0.5) is 11.6 Å². The number of ether oxygens (including phenoxy) is 1. The van der Waals surface area contributed by atoms with Crippen LogP contribution in [0.1, 0.15) is 0 Å². The Morgan fingerprint density at radius 1 is 1.05 bits per heavy atom. The fourth-order valence-electron chi connectivity index (χ4n) is 2.42. The lowest BCUT2D eigenvalue weighted by molar-refractivity contribution is 0.410. The van der Waals surface area contributed by atoms with Gasteiger partial charge in [-0.25, -0.2) is 9.97 Å². The molecule has 0 N–H and O–H groups in total. The number of hydrogen-bond donors (Lipinski definition) is 0. The molecule has 2 heterocycles. The lowest BCUT2D eigenvalue weighted by atomic mass is 10.2. The molecule has 0 aliphatic carbocycles. The molecule has 6 heteroatoms. The van der Waals surface area contributed by atoms with Gasteiger partial charge in [0.2, 0.25) is 5.95 Å². The average Bonchev–Trinajstić information content (AvgIpc) is 2.55. The molecule has 21 heavy (non-hydrogen) atoms. The molecule has 1 aliphatic rings. The zero-order chi connectivity index (χ0) is 14.7. The van der Waals surface area contributed by atoms with E-state index in [1.54, 1.807) is 19.5 Å². The van der Waals surface area contributed by atoms with Gasteiger partial charge in [0.15, 0.2) is 5.75 Å². The number of hydrogen-bond acceptors (Lipinski definition) is 5. The molecule has 0 unspecified atom stereocenters. The first kappa shape index (κ1) is 13.9. The normalized spacial score (nSPS) is 15.1. The van der Waals surface area contributed by atoms with Gasteiger partial charge in [0.1, 0.15) is 0 Å². The molecular weight excluding hydrogens is 288 g/mol. The molecule has 0 amide bonds. The first-order valence-electron chi connectivity index (χ1n) is 6.88. The van der Waals surface area contributed by atoms with E-state index in [1.165, 1.54) is 0 Å². The van der Waals surface area contributed by atoms with Gasteiger partial charge in [0.05, 0.1) is 19.5 Å². The minimum atomic E-state index is 0.677. The van der Waals surface area contributed by atoms with Crippen LogP contribution in [0.25, 0.3) is 0 Å². The molecule has 0 saturated carbocycles. The van der Waals surface area contributed by atoms with Gasteiger partial charge in [0, 0.05) is 36.9 Å². The smallest absolute Gasteiger partial charge is 0.225 e. The monoisotopic (exact) mass is 304 g/mol. The summed E-state index contributed by atoms with van der Waals surface area (Å²) in [4.78, 5) is 13.2. The average molecular weight is 305 g/mol. The third kappa shape index (κ3) is 3.19. The fourth-order valence-corrected chi connectivity index (χ4v) is 2.60. The largest absolute Gasteiger partial charge is 0.494 e. The van der Waals surface area contributed by atoms with E-state index in [2.05, 4.69) is 25.8 Å². The highest BCUT2D eigenvalue weighted by molar-refractivity contribution is 6.30. The highest BCUT2D eigenvalue weighted by Crippen LogP contribution is 2.22. The van der Waals surface area contributed by atoms with Crippen molar-refractivity contribution in [1.82, 2.24) is 9.97 Å². The highest BCUT2D eigenvalue weighted by atomic mass is 35.5. The Kier molecular flexibility index (Phi) is 4.10. The predicted molar refractivity (Wildman–Crippen MR) is 84.5 cm³/mol. The molecule has 1 fully saturated rings. The quantitative estimate of drug-likeness (QED) is 0.871. The molecule has 110 valence electrons. The van der Waals surface area contributed by atoms with E-state index in [0.29, 0.717) is 5.75 Å². The van der Waals surface area contributed by atoms with Crippen molar-refractivity contribution < 1.29 is 4.74 Å². The second kappa shape index (κ2) is 6.18. The summed E-state index contributed by atoms with van der Waals surface area (Å²) in [6.07, 6.45) is 3.40. The topological polar surface area (TPSA) is 41.5 Å². The van der Waals surface area contributed by atoms with Crippen LogP contribution in [0.2, 0.25) is 5.02 Å². The first-order valence-corrected chi connectivity index (χ1v) is 7.25. The first-order chi connectivity index (χ1) is 10.3. The second-order valence-electron chi connectivity index (χ2n) is 4.88. The standard InChI is InChI=1S/C15H17ClN4O/c1-21-14-10-17-15(18-11-14)20-7-5-19(6-8-20)13-4-2-3-12(16)9-13/h2-4,9-11H,5-8H2,1H3. The van der Waals surface area contributed by atoms with E-state index in [9.17, 15) is 0 Å². The summed E-state index contributed by atoms with van der Waals surface area (Å²) in [5, 5.41) is 0.772. The summed E-state index contributed by atoms with van der Waals surface area (Å²) in [7, 11) is 1.61. The lowest BCUT2D eigenvalue weighted by Gasteiger charge is -2.36. The zero-order valence-corrected chi connectivity index (χ0v) is 12.6. The number of benzene rings is 1. The molecule has 1 saturated heterocycles. The van der Waals surface area contributed by atoms with Gasteiger partial charge in [-0.1, -0.05) is 17.7 Å². The molecule has 0 bridgehead atoms. The van der Waals surface area contributed by atoms with Crippen molar-refractivity contribution in [3.05, 3.63) is 41.7 Å². The maximum absolute atomic E-state index is 6.05. The fraction of sp³-hybridized carbons (Fsp3) is 0.333. The van der Waals surface area contributed by atoms with Gasteiger partial charge in [-0.2, -0.15) is 0 Å². The van der Waals surface area contributed by atoms with E-state index in [-0.39, 0.29) is 0 Å². The van der Waals surface area contributed by atoms with Gasteiger partial charge in [-0.05, 0) is 18.2 Å². The van der Waals surface area contributed by atoms with Crippen molar-refractivity contribution in [3.8, 4) is 5.75 Å². The third-order valence-corrected chi connectivity index (χ3v) is 3.82. The Morgan fingerprint density at radius 2 is 1.71 bits per heavy atom. The van der Waals surface area contributed by atoms with E-state index >= 15 is 0 Å². The van der Waals surface area contributed by atoms with Crippen molar-refractivity contribution in [2.24, 2.45) is 0 Å². The maximum Gasteiger partial charge on any atom is 0.225 e. The number of rotatable bonds is 3. The molecule has 1 aromatic carbocycles. The molecule has 2 aromatic rings. The summed E-state index contributed by atoms with van der Waals surface area (Å²) in [6.45, 7) is 3.63. The molecule has 5 nitrogen and oxygen atoms in total. The molecule has 3 rings (SSSR count). The van der Waals surface area contributed by atoms with Crippen LogP contribution in [0, 0.1) is 0 Å². The van der Waals surface area contributed by atoms with Gasteiger partial charge >= 0.3 is 0 Å². The van der Waals surface area contributed by atoms with Gasteiger partial charge in [0.25, 0.3) is 0 Å². The molecule has 1 aromatic heterocycles. The van der Waals surface area contributed by atoms with Crippen molar-refractivity contribution in [2.75, 3.05) is 43.1 Å². The van der Waals surface area contributed by atoms with E-state index in [0.717, 1.165) is 42.8 Å². The Bertz CT molecular complexity index is 597. The van der Waals surface area contributed by atoms with E-state index < -0.39 is 0 Å². The molecule has 0 radical (unpaired) electrons. The SMILES string of the molecule is COc1cnc(N2CCN(c3cccc(Cl)c3)CC2)nc1. The summed E-state index contributed by atoms with van der Waals surface area (Å²) < 4.78 is 5.08. The Hall–Kier alpha value is -2.01. The van der Waals surface area contributed by atoms with Crippen LogP contribution in [-0.4, -0.2) is 43.3 Å². The lowest BCUT2D eigenvalue weighted by Crippen LogP contribution is -2.47. The summed E-state index contributed by atoms with van der Waals surface area (Å²) in [6, 6.07) is 7.97. The number of anilines is 2.